The van der Waals surface area contributed by atoms with E-state index in [0.717, 1.165) is 32.5 Å². The molecule has 0 aliphatic heterocycles. The standard InChI is InChI=1S/C29H33BrN2O5/c1-18(2)19-8-10-20(11-9-19)29-31-27-25(35-4)17-23(26(30)28(27)32-29)24(12-14-34-3)37-22-7-5-6-21(16-22)36-15-13-33/h5-11,16-18,24,33H,12-15H2,1-4H3,(H,31,32). The summed E-state index contributed by atoms with van der Waals surface area (Å²) in [7, 11) is 3.32. The Labute approximate surface area is 225 Å². The van der Waals surface area contributed by atoms with Crippen LogP contribution in [0.1, 0.15) is 43.4 Å². The Morgan fingerprint density at radius 2 is 1.76 bits per heavy atom. The molecule has 0 amide bonds. The number of nitrogens with one attached hydrogen (secondary N) is 1. The van der Waals surface area contributed by atoms with E-state index in [0.29, 0.717) is 36.2 Å². The lowest BCUT2D eigenvalue weighted by atomic mass is 10.0. The topological polar surface area (TPSA) is 85.8 Å². The van der Waals surface area contributed by atoms with Gasteiger partial charge in [-0.1, -0.05) is 44.2 Å². The number of rotatable bonds is 12. The minimum absolute atomic E-state index is 0.0537. The van der Waals surface area contributed by atoms with Gasteiger partial charge in [-0.05, 0) is 45.6 Å². The van der Waals surface area contributed by atoms with Crippen molar-refractivity contribution in [3.63, 3.8) is 0 Å². The van der Waals surface area contributed by atoms with Crippen molar-refractivity contribution in [1.29, 1.82) is 0 Å². The first-order chi connectivity index (χ1) is 17.9. The third-order valence-corrected chi connectivity index (χ3v) is 6.98. The molecule has 0 radical (unpaired) electrons. The van der Waals surface area contributed by atoms with Crippen LogP contribution in [0.4, 0.5) is 0 Å². The molecule has 0 aliphatic carbocycles. The third kappa shape index (κ3) is 6.26. The first kappa shape index (κ1) is 27.0. The normalized spacial score (nSPS) is 12.2. The zero-order valence-corrected chi connectivity index (χ0v) is 23.2. The number of aromatic amines is 1. The van der Waals surface area contributed by atoms with Crippen molar-refractivity contribution in [2.45, 2.75) is 32.3 Å². The fraction of sp³-hybridized carbons (Fsp3) is 0.345. The quantitative estimate of drug-likeness (QED) is 0.199. The molecule has 0 fully saturated rings. The van der Waals surface area contributed by atoms with Crippen molar-refractivity contribution in [3.8, 4) is 28.6 Å². The first-order valence-corrected chi connectivity index (χ1v) is 13.1. The van der Waals surface area contributed by atoms with Crippen LogP contribution in [0.5, 0.6) is 17.2 Å². The highest BCUT2D eigenvalue weighted by Crippen LogP contribution is 2.40. The van der Waals surface area contributed by atoms with Crippen molar-refractivity contribution in [2.24, 2.45) is 0 Å². The van der Waals surface area contributed by atoms with Crippen molar-refractivity contribution in [2.75, 3.05) is 34.0 Å². The number of aliphatic hydroxyl groups excluding tert-OH is 1. The molecule has 1 atom stereocenters. The van der Waals surface area contributed by atoms with Gasteiger partial charge in [0.1, 0.15) is 46.8 Å². The number of imidazole rings is 1. The summed E-state index contributed by atoms with van der Waals surface area (Å²) >= 11 is 3.81. The average Bonchev–Trinajstić information content (AvgIpc) is 3.37. The van der Waals surface area contributed by atoms with Gasteiger partial charge in [-0.2, -0.15) is 0 Å². The first-order valence-electron chi connectivity index (χ1n) is 12.3. The number of aliphatic hydroxyl groups is 1. The molecule has 8 heteroatoms. The summed E-state index contributed by atoms with van der Waals surface area (Å²) in [6.45, 7) is 5.03. The maximum Gasteiger partial charge on any atom is 0.145 e. The van der Waals surface area contributed by atoms with Crippen molar-refractivity contribution in [1.82, 2.24) is 9.97 Å². The Balaban J connectivity index is 1.72. The molecule has 0 spiro atoms. The van der Waals surface area contributed by atoms with Crippen LogP contribution in [-0.4, -0.2) is 49.1 Å². The maximum absolute atomic E-state index is 9.07. The molecule has 196 valence electrons. The Morgan fingerprint density at radius 3 is 2.43 bits per heavy atom. The van der Waals surface area contributed by atoms with E-state index in [2.05, 4.69) is 59.0 Å². The van der Waals surface area contributed by atoms with Crippen LogP contribution in [0.25, 0.3) is 22.4 Å². The monoisotopic (exact) mass is 568 g/mol. The lowest BCUT2D eigenvalue weighted by Crippen LogP contribution is -2.12. The van der Waals surface area contributed by atoms with Crippen LogP contribution in [0.15, 0.2) is 59.1 Å². The molecule has 1 heterocycles. The van der Waals surface area contributed by atoms with Gasteiger partial charge in [0.2, 0.25) is 0 Å². The molecule has 7 nitrogen and oxygen atoms in total. The van der Waals surface area contributed by atoms with Crippen molar-refractivity contribution < 1.29 is 24.1 Å². The highest BCUT2D eigenvalue weighted by atomic mass is 79.9. The number of hydrogen-bond acceptors (Lipinski definition) is 6. The fourth-order valence-corrected chi connectivity index (χ4v) is 4.81. The number of hydrogen-bond donors (Lipinski definition) is 2. The van der Waals surface area contributed by atoms with E-state index >= 15 is 0 Å². The summed E-state index contributed by atoms with van der Waals surface area (Å²) < 4.78 is 24.0. The third-order valence-electron chi connectivity index (χ3n) is 6.14. The van der Waals surface area contributed by atoms with Crippen LogP contribution < -0.4 is 14.2 Å². The second-order valence-electron chi connectivity index (χ2n) is 9.00. The average molecular weight is 569 g/mol. The van der Waals surface area contributed by atoms with Gasteiger partial charge in [0, 0.05) is 30.7 Å². The molecular weight excluding hydrogens is 536 g/mol. The molecule has 0 bridgehead atoms. The zero-order chi connectivity index (χ0) is 26.4. The SMILES string of the molecule is COCCC(Oc1cccc(OCCO)c1)c1cc(OC)c2[nH]c(-c3ccc(C(C)C)cc3)nc2c1Br. The van der Waals surface area contributed by atoms with Gasteiger partial charge in [-0.3, -0.25) is 0 Å². The smallest absolute Gasteiger partial charge is 0.145 e. The molecular formula is C29H33BrN2O5. The van der Waals surface area contributed by atoms with Crippen molar-refractivity contribution >= 4 is 27.0 Å². The molecule has 0 saturated carbocycles. The van der Waals surface area contributed by atoms with Crippen LogP contribution in [-0.2, 0) is 4.74 Å². The van der Waals surface area contributed by atoms with Gasteiger partial charge in [0.05, 0.1) is 24.8 Å². The van der Waals surface area contributed by atoms with Crippen LogP contribution in [0.2, 0.25) is 0 Å². The zero-order valence-electron chi connectivity index (χ0n) is 21.6. The molecule has 4 aromatic rings. The summed E-state index contributed by atoms with van der Waals surface area (Å²) in [5, 5.41) is 9.07. The number of H-pyrrole nitrogens is 1. The van der Waals surface area contributed by atoms with Crippen LogP contribution in [0.3, 0.4) is 0 Å². The Hall–Kier alpha value is -3.07. The molecule has 0 saturated heterocycles. The van der Waals surface area contributed by atoms with E-state index in [1.54, 1.807) is 14.2 Å². The molecule has 37 heavy (non-hydrogen) atoms. The van der Waals surface area contributed by atoms with Gasteiger partial charge in [-0.25, -0.2) is 4.98 Å². The summed E-state index contributed by atoms with van der Waals surface area (Å²) in [4.78, 5) is 8.37. The van der Waals surface area contributed by atoms with Crippen molar-refractivity contribution in [3.05, 3.63) is 70.2 Å². The predicted molar refractivity (Wildman–Crippen MR) is 149 cm³/mol. The van der Waals surface area contributed by atoms with Gasteiger partial charge in [-0.15, -0.1) is 0 Å². The Bertz CT molecular complexity index is 1320. The number of benzene rings is 3. The Kier molecular flexibility index (Phi) is 9.08. The van der Waals surface area contributed by atoms with E-state index in [4.69, 9.17) is 29.0 Å². The number of nitrogens with zero attached hydrogens (tertiary/aromatic N) is 1. The van der Waals surface area contributed by atoms with Gasteiger partial charge in [0.15, 0.2) is 0 Å². The lowest BCUT2D eigenvalue weighted by Gasteiger charge is -2.22. The molecule has 1 aromatic heterocycles. The number of aromatic nitrogens is 2. The van der Waals surface area contributed by atoms with E-state index in [-0.39, 0.29) is 19.3 Å². The molecule has 4 rings (SSSR count). The molecule has 0 aliphatic rings. The van der Waals surface area contributed by atoms with Gasteiger partial charge in [0.25, 0.3) is 0 Å². The van der Waals surface area contributed by atoms with E-state index in [1.807, 2.05) is 30.3 Å². The second-order valence-corrected chi connectivity index (χ2v) is 9.80. The Morgan fingerprint density at radius 1 is 1.00 bits per heavy atom. The van der Waals surface area contributed by atoms with Gasteiger partial charge < -0.3 is 29.0 Å². The second kappa shape index (κ2) is 12.4. The number of halogens is 1. The van der Waals surface area contributed by atoms with Crippen LogP contribution >= 0.6 is 15.9 Å². The summed E-state index contributed by atoms with van der Waals surface area (Å²) in [5.41, 5.74) is 4.76. The van der Waals surface area contributed by atoms with E-state index in [9.17, 15) is 0 Å². The molecule has 3 aromatic carbocycles. The van der Waals surface area contributed by atoms with E-state index in [1.165, 1.54) is 5.56 Å². The maximum atomic E-state index is 9.07. The fourth-order valence-electron chi connectivity index (χ4n) is 4.15. The van der Waals surface area contributed by atoms with Crippen LogP contribution in [0, 0.1) is 0 Å². The lowest BCUT2D eigenvalue weighted by molar-refractivity contribution is 0.125. The highest BCUT2D eigenvalue weighted by Gasteiger charge is 2.23. The number of ether oxygens (including phenoxy) is 4. The van der Waals surface area contributed by atoms with Gasteiger partial charge >= 0.3 is 0 Å². The summed E-state index contributed by atoms with van der Waals surface area (Å²) in [6.07, 6.45) is 0.269. The minimum Gasteiger partial charge on any atom is -0.494 e. The highest BCUT2D eigenvalue weighted by molar-refractivity contribution is 9.10. The predicted octanol–water partition coefficient (Wildman–Crippen LogP) is 6.65. The van der Waals surface area contributed by atoms with E-state index < -0.39 is 0 Å². The molecule has 1 unspecified atom stereocenters. The summed E-state index contributed by atoms with van der Waals surface area (Å²) in [5.74, 6) is 3.19. The minimum atomic E-state index is -0.341. The molecule has 2 N–H and O–H groups in total. The number of methoxy groups -OCH3 is 2. The summed E-state index contributed by atoms with van der Waals surface area (Å²) in [6, 6.07) is 17.8. The largest absolute Gasteiger partial charge is 0.494 e. The number of fused-ring (bicyclic) bond motifs is 1.